The predicted octanol–water partition coefficient (Wildman–Crippen LogP) is 3.88. The first-order valence-electron chi connectivity index (χ1n) is 7.16. The molecule has 0 spiro atoms. The Morgan fingerprint density at radius 2 is 1.90 bits per heavy atom. The number of benzene rings is 1. The average molecular weight is 288 g/mol. The van der Waals surface area contributed by atoms with Gasteiger partial charge in [0.1, 0.15) is 0 Å². The van der Waals surface area contributed by atoms with E-state index in [4.69, 9.17) is 0 Å². The van der Waals surface area contributed by atoms with Crippen LogP contribution in [-0.4, -0.2) is 21.1 Å². The lowest BCUT2D eigenvalue weighted by atomic mass is 10.0. The molecule has 1 atom stereocenters. The molecule has 0 fully saturated rings. The Kier molecular flexibility index (Phi) is 5.21. The predicted molar refractivity (Wildman–Crippen MR) is 90.0 cm³/mol. The number of rotatable bonds is 6. The van der Waals surface area contributed by atoms with Crippen LogP contribution in [0.15, 0.2) is 36.4 Å². The zero-order chi connectivity index (χ0) is 14.5. The van der Waals surface area contributed by atoms with E-state index in [-0.39, 0.29) is 0 Å². The van der Waals surface area contributed by atoms with E-state index >= 15 is 0 Å². The van der Waals surface area contributed by atoms with Gasteiger partial charge in [-0.25, -0.2) is 0 Å². The van der Waals surface area contributed by atoms with Crippen LogP contribution in [0.5, 0.6) is 0 Å². The number of likely N-dealkylation sites (N-methyl/N-ethyl adjacent to an activating group) is 1. The molecule has 1 aromatic carbocycles. The van der Waals surface area contributed by atoms with Crippen molar-refractivity contribution in [1.29, 1.82) is 0 Å². The van der Waals surface area contributed by atoms with E-state index < -0.39 is 0 Å². The Balaban J connectivity index is 2.17. The van der Waals surface area contributed by atoms with Gasteiger partial charge in [-0.05, 0) is 43.3 Å². The topological polar surface area (TPSA) is 15.3 Å². The zero-order valence-electron chi connectivity index (χ0n) is 12.8. The molecule has 1 unspecified atom stereocenters. The lowest BCUT2D eigenvalue weighted by Gasteiger charge is -2.19. The smallest absolute Gasteiger partial charge is 0.0367 e. The van der Waals surface area contributed by atoms with E-state index in [9.17, 15) is 0 Å². The van der Waals surface area contributed by atoms with Crippen LogP contribution < -0.4 is 10.2 Å². The Morgan fingerprint density at radius 3 is 2.50 bits per heavy atom. The van der Waals surface area contributed by atoms with Gasteiger partial charge in [0.25, 0.3) is 0 Å². The highest BCUT2D eigenvalue weighted by Crippen LogP contribution is 2.26. The van der Waals surface area contributed by atoms with E-state index in [0.29, 0.717) is 6.04 Å². The molecule has 0 radical (unpaired) electrons. The summed E-state index contributed by atoms with van der Waals surface area (Å²) in [5.41, 5.74) is 2.60. The second-order valence-electron chi connectivity index (χ2n) is 5.26. The summed E-state index contributed by atoms with van der Waals surface area (Å²) in [5.74, 6) is 0. The molecule has 0 aliphatic heterocycles. The summed E-state index contributed by atoms with van der Waals surface area (Å²) >= 11 is 1.93. The van der Waals surface area contributed by atoms with Gasteiger partial charge in [0.2, 0.25) is 0 Å². The number of hydrogen-bond acceptors (Lipinski definition) is 3. The third-order valence-electron chi connectivity index (χ3n) is 3.61. The molecule has 0 amide bonds. The summed E-state index contributed by atoms with van der Waals surface area (Å²) in [6, 6.07) is 13.7. The monoisotopic (exact) mass is 288 g/mol. The maximum Gasteiger partial charge on any atom is 0.0367 e. The number of anilines is 1. The van der Waals surface area contributed by atoms with Crippen molar-refractivity contribution in [3.63, 3.8) is 0 Å². The number of aryl methyl sites for hydroxylation is 1. The Labute approximate surface area is 126 Å². The highest BCUT2D eigenvalue weighted by molar-refractivity contribution is 7.11. The molecular formula is C17H24N2S. The van der Waals surface area contributed by atoms with Gasteiger partial charge >= 0.3 is 0 Å². The van der Waals surface area contributed by atoms with Crippen molar-refractivity contribution in [2.45, 2.75) is 25.8 Å². The second-order valence-corrected chi connectivity index (χ2v) is 6.51. The van der Waals surface area contributed by atoms with E-state index in [1.54, 1.807) is 0 Å². The van der Waals surface area contributed by atoms with E-state index in [0.717, 1.165) is 12.8 Å². The molecule has 0 saturated heterocycles. The van der Waals surface area contributed by atoms with Crippen molar-refractivity contribution in [3.05, 3.63) is 51.7 Å². The third-order valence-corrected chi connectivity index (χ3v) is 4.86. The fourth-order valence-corrected chi connectivity index (χ4v) is 3.33. The largest absolute Gasteiger partial charge is 0.378 e. The first kappa shape index (κ1) is 15.1. The normalized spacial score (nSPS) is 12.4. The summed E-state index contributed by atoms with van der Waals surface area (Å²) < 4.78 is 0. The van der Waals surface area contributed by atoms with E-state index in [2.05, 4.69) is 67.6 Å². The summed E-state index contributed by atoms with van der Waals surface area (Å²) in [6.07, 6.45) is 2.18. The second kappa shape index (κ2) is 6.91. The van der Waals surface area contributed by atoms with Gasteiger partial charge in [-0.3, -0.25) is 0 Å². The van der Waals surface area contributed by atoms with Crippen LogP contribution in [0.25, 0.3) is 0 Å². The van der Waals surface area contributed by atoms with Crippen LogP contribution in [0.2, 0.25) is 0 Å². The summed E-state index contributed by atoms with van der Waals surface area (Å²) in [4.78, 5) is 5.07. The Bertz CT molecular complexity index is 545. The minimum Gasteiger partial charge on any atom is -0.378 e. The van der Waals surface area contributed by atoms with Gasteiger partial charge in [-0.2, -0.15) is 0 Å². The third kappa shape index (κ3) is 3.62. The Hall–Kier alpha value is -1.32. The van der Waals surface area contributed by atoms with Crippen molar-refractivity contribution < 1.29 is 0 Å². The highest BCUT2D eigenvalue weighted by Gasteiger charge is 2.12. The van der Waals surface area contributed by atoms with Gasteiger partial charge in [0.15, 0.2) is 0 Å². The van der Waals surface area contributed by atoms with Crippen LogP contribution in [0.4, 0.5) is 5.69 Å². The van der Waals surface area contributed by atoms with Crippen molar-refractivity contribution in [1.82, 2.24) is 5.32 Å². The Morgan fingerprint density at radius 1 is 1.15 bits per heavy atom. The molecule has 0 bridgehead atoms. The molecule has 2 aromatic rings. The fourth-order valence-electron chi connectivity index (χ4n) is 2.33. The molecule has 1 heterocycles. The van der Waals surface area contributed by atoms with E-state index in [1.807, 2.05) is 18.4 Å². The lowest BCUT2D eigenvalue weighted by Crippen LogP contribution is -2.19. The number of nitrogens with one attached hydrogen (secondary N) is 1. The van der Waals surface area contributed by atoms with E-state index in [1.165, 1.54) is 21.0 Å². The zero-order valence-corrected chi connectivity index (χ0v) is 13.6. The van der Waals surface area contributed by atoms with Gasteiger partial charge in [0.05, 0.1) is 0 Å². The quantitative estimate of drug-likeness (QED) is 0.868. The first-order chi connectivity index (χ1) is 9.63. The first-order valence-corrected chi connectivity index (χ1v) is 7.97. The average Bonchev–Trinajstić information content (AvgIpc) is 2.92. The van der Waals surface area contributed by atoms with Crippen molar-refractivity contribution in [2.24, 2.45) is 0 Å². The molecular weight excluding hydrogens is 264 g/mol. The molecule has 3 heteroatoms. The van der Waals surface area contributed by atoms with Crippen molar-refractivity contribution in [2.75, 3.05) is 26.0 Å². The van der Waals surface area contributed by atoms with Gasteiger partial charge in [0, 0.05) is 42.0 Å². The molecule has 0 aliphatic rings. The van der Waals surface area contributed by atoms with Crippen LogP contribution in [-0.2, 0) is 12.8 Å². The summed E-state index contributed by atoms with van der Waals surface area (Å²) in [7, 11) is 6.21. The fraction of sp³-hybridized carbons (Fsp3) is 0.412. The maximum atomic E-state index is 3.45. The maximum absolute atomic E-state index is 3.45. The standard InChI is InChI=1S/C17H24N2S/c1-5-15-9-10-16(20-15)12-17(18-2)13-7-6-8-14(11-13)19(3)4/h6-11,17-18H,5,12H2,1-4H3. The summed E-state index contributed by atoms with van der Waals surface area (Å²) in [5, 5.41) is 3.45. The molecule has 108 valence electrons. The molecule has 0 saturated carbocycles. The van der Waals surface area contributed by atoms with Crippen LogP contribution in [0.1, 0.15) is 28.3 Å². The van der Waals surface area contributed by atoms with Crippen molar-refractivity contribution >= 4 is 17.0 Å². The molecule has 20 heavy (non-hydrogen) atoms. The number of hydrogen-bond donors (Lipinski definition) is 1. The minimum absolute atomic E-state index is 0.373. The van der Waals surface area contributed by atoms with Crippen LogP contribution in [0, 0.1) is 0 Å². The number of thiophene rings is 1. The van der Waals surface area contributed by atoms with Gasteiger partial charge < -0.3 is 10.2 Å². The highest BCUT2D eigenvalue weighted by atomic mass is 32.1. The number of nitrogens with zero attached hydrogens (tertiary/aromatic N) is 1. The minimum atomic E-state index is 0.373. The molecule has 2 nitrogen and oxygen atoms in total. The SMILES string of the molecule is CCc1ccc(CC(NC)c2cccc(N(C)C)c2)s1. The van der Waals surface area contributed by atoms with Crippen molar-refractivity contribution in [3.8, 4) is 0 Å². The van der Waals surface area contributed by atoms with Gasteiger partial charge in [-0.1, -0.05) is 19.1 Å². The molecule has 1 aromatic heterocycles. The summed E-state index contributed by atoms with van der Waals surface area (Å²) in [6.45, 7) is 2.21. The van der Waals surface area contributed by atoms with Crippen LogP contribution in [0.3, 0.4) is 0 Å². The molecule has 2 rings (SSSR count). The lowest BCUT2D eigenvalue weighted by molar-refractivity contribution is 0.596. The molecule has 1 N–H and O–H groups in total. The van der Waals surface area contributed by atoms with Crippen LogP contribution >= 0.6 is 11.3 Å². The van der Waals surface area contributed by atoms with Gasteiger partial charge in [-0.15, -0.1) is 11.3 Å². The molecule has 0 aliphatic carbocycles.